The van der Waals surface area contributed by atoms with Gasteiger partial charge in [0.1, 0.15) is 6.54 Å². The van der Waals surface area contributed by atoms with E-state index in [1.165, 1.54) is 0 Å². The van der Waals surface area contributed by atoms with Gasteiger partial charge in [-0.05, 0) is 17.5 Å². The summed E-state index contributed by atoms with van der Waals surface area (Å²) >= 11 is 0. The minimum atomic E-state index is -4.39. The minimum Gasteiger partial charge on any atom is -0.334 e. The van der Waals surface area contributed by atoms with Gasteiger partial charge in [0.05, 0.1) is 0 Å². The van der Waals surface area contributed by atoms with Crippen LogP contribution in [0.5, 0.6) is 0 Å². The quantitative estimate of drug-likeness (QED) is 0.858. The van der Waals surface area contributed by atoms with E-state index in [0.717, 1.165) is 17.5 Å². The van der Waals surface area contributed by atoms with Gasteiger partial charge < -0.3 is 10.6 Å². The van der Waals surface area contributed by atoms with Crippen LogP contribution in [-0.4, -0.2) is 18.8 Å². The molecular weight excluding hydrogens is 245 g/mol. The third-order valence-corrected chi connectivity index (χ3v) is 2.39. The number of urea groups is 1. The topological polar surface area (TPSA) is 41.1 Å². The molecule has 2 N–H and O–H groups in total. The molecule has 1 aromatic carbocycles. The van der Waals surface area contributed by atoms with Crippen molar-refractivity contribution in [1.29, 1.82) is 0 Å². The third-order valence-electron chi connectivity index (χ3n) is 2.39. The van der Waals surface area contributed by atoms with Crippen LogP contribution in [0.3, 0.4) is 0 Å². The van der Waals surface area contributed by atoms with Crippen LogP contribution in [-0.2, 0) is 13.0 Å². The number of carbonyl (C=O) groups is 1. The molecule has 0 fully saturated rings. The van der Waals surface area contributed by atoms with E-state index < -0.39 is 18.8 Å². The highest BCUT2D eigenvalue weighted by Gasteiger charge is 2.27. The maximum absolute atomic E-state index is 11.9. The van der Waals surface area contributed by atoms with Crippen LogP contribution in [0.15, 0.2) is 24.3 Å². The Kier molecular flexibility index (Phi) is 5.00. The van der Waals surface area contributed by atoms with E-state index >= 15 is 0 Å². The molecule has 6 heteroatoms. The summed E-state index contributed by atoms with van der Waals surface area (Å²) in [7, 11) is 0. The van der Waals surface area contributed by atoms with Crippen LogP contribution < -0.4 is 10.6 Å². The number of hydrogen-bond acceptors (Lipinski definition) is 1. The molecule has 0 heterocycles. The Morgan fingerprint density at radius 1 is 1.17 bits per heavy atom. The van der Waals surface area contributed by atoms with Gasteiger partial charge in [-0.25, -0.2) is 4.79 Å². The van der Waals surface area contributed by atoms with Crippen LogP contribution in [0.4, 0.5) is 18.0 Å². The van der Waals surface area contributed by atoms with E-state index in [1.807, 2.05) is 31.2 Å². The Balaban J connectivity index is 2.43. The van der Waals surface area contributed by atoms with Gasteiger partial charge in [-0.3, -0.25) is 0 Å². The van der Waals surface area contributed by atoms with Crippen molar-refractivity contribution in [3.63, 3.8) is 0 Å². The number of carbonyl (C=O) groups excluding carboxylic acids is 1. The molecule has 0 spiro atoms. The Morgan fingerprint density at radius 2 is 1.78 bits per heavy atom. The lowest BCUT2D eigenvalue weighted by atomic mass is 10.1. The molecule has 100 valence electrons. The Hall–Kier alpha value is -1.72. The summed E-state index contributed by atoms with van der Waals surface area (Å²) in [5, 5.41) is 4.15. The fraction of sp³-hybridized carbons (Fsp3) is 0.417. The zero-order valence-corrected chi connectivity index (χ0v) is 9.97. The summed E-state index contributed by atoms with van der Waals surface area (Å²) in [4.78, 5) is 11.1. The van der Waals surface area contributed by atoms with Gasteiger partial charge in [0.15, 0.2) is 0 Å². The van der Waals surface area contributed by atoms with E-state index in [1.54, 1.807) is 5.32 Å². The molecule has 0 saturated carbocycles. The number of amides is 2. The van der Waals surface area contributed by atoms with Gasteiger partial charge in [-0.15, -0.1) is 0 Å². The molecule has 0 aliphatic carbocycles. The summed E-state index contributed by atoms with van der Waals surface area (Å²) in [5.74, 6) is 0. The smallest absolute Gasteiger partial charge is 0.334 e. The number of nitrogens with one attached hydrogen (secondary N) is 2. The summed E-state index contributed by atoms with van der Waals surface area (Å²) in [6.45, 7) is 0.866. The largest absolute Gasteiger partial charge is 0.405 e. The SMILES string of the molecule is CCc1ccccc1CNC(=O)NCC(F)(F)F. The van der Waals surface area contributed by atoms with Gasteiger partial charge in [0.2, 0.25) is 0 Å². The highest BCUT2D eigenvalue weighted by Crippen LogP contribution is 2.12. The van der Waals surface area contributed by atoms with Crippen LogP contribution >= 0.6 is 0 Å². The molecule has 0 bridgehead atoms. The van der Waals surface area contributed by atoms with Crippen molar-refractivity contribution < 1.29 is 18.0 Å². The van der Waals surface area contributed by atoms with Crippen LogP contribution in [0, 0.1) is 0 Å². The fourth-order valence-corrected chi connectivity index (χ4v) is 1.49. The van der Waals surface area contributed by atoms with Crippen molar-refractivity contribution in [1.82, 2.24) is 10.6 Å². The van der Waals surface area contributed by atoms with Crippen molar-refractivity contribution in [3.8, 4) is 0 Å². The number of rotatable bonds is 4. The van der Waals surface area contributed by atoms with E-state index in [-0.39, 0.29) is 6.54 Å². The molecule has 0 aliphatic rings. The van der Waals surface area contributed by atoms with Crippen molar-refractivity contribution in [3.05, 3.63) is 35.4 Å². The zero-order valence-electron chi connectivity index (χ0n) is 9.97. The number of aryl methyl sites for hydroxylation is 1. The maximum atomic E-state index is 11.9. The normalized spacial score (nSPS) is 11.1. The second-order valence-electron chi connectivity index (χ2n) is 3.77. The summed E-state index contributed by atoms with van der Waals surface area (Å²) < 4.78 is 35.6. The lowest BCUT2D eigenvalue weighted by Crippen LogP contribution is -2.40. The first-order valence-corrected chi connectivity index (χ1v) is 5.57. The van der Waals surface area contributed by atoms with Gasteiger partial charge in [0.25, 0.3) is 0 Å². The van der Waals surface area contributed by atoms with Crippen LogP contribution in [0.1, 0.15) is 18.1 Å². The average Bonchev–Trinajstić information content (AvgIpc) is 2.33. The molecule has 0 saturated heterocycles. The van der Waals surface area contributed by atoms with Crippen molar-refractivity contribution in [2.24, 2.45) is 0 Å². The average molecular weight is 260 g/mol. The Bertz CT molecular complexity index is 405. The monoisotopic (exact) mass is 260 g/mol. The number of alkyl halides is 3. The van der Waals surface area contributed by atoms with Crippen molar-refractivity contribution in [2.75, 3.05) is 6.54 Å². The number of benzene rings is 1. The molecule has 2 amide bonds. The number of halogens is 3. The molecule has 0 unspecified atom stereocenters. The van der Waals surface area contributed by atoms with E-state index in [2.05, 4.69) is 5.32 Å². The van der Waals surface area contributed by atoms with Crippen LogP contribution in [0.25, 0.3) is 0 Å². The van der Waals surface area contributed by atoms with E-state index in [0.29, 0.717) is 0 Å². The highest BCUT2D eigenvalue weighted by atomic mass is 19.4. The number of hydrogen-bond donors (Lipinski definition) is 2. The van der Waals surface area contributed by atoms with Crippen molar-refractivity contribution in [2.45, 2.75) is 26.1 Å². The Morgan fingerprint density at radius 3 is 2.33 bits per heavy atom. The molecule has 0 atom stereocenters. The van der Waals surface area contributed by atoms with Crippen LogP contribution in [0.2, 0.25) is 0 Å². The maximum Gasteiger partial charge on any atom is 0.405 e. The molecule has 0 radical (unpaired) electrons. The first kappa shape index (κ1) is 14.3. The van der Waals surface area contributed by atoms with E-state index in [9.17, 15) is 18.0 Å². The second kappa shape index (κ2) is 6.28. The fourth-order valence-electron chi connectivity index (χ4n) is 1.49. The highest BCUT2D eigenvalue weighted by molar-refractivity contribution is 5.73. The second-order valence-corrected chi connectivity index (χ2v) is 3.77. The van der Waals surface area contributed by atoms with Gasteiger partial charge in [-0.1, -0.05) is 31.2 Å². The summed E-state index contributed by atoms with van der Waals surface area (Å²) in [6.07, 6.45) is -3.58. The predicted molar refractivity (Wildman–Crippen MR) is 62.1 cm³/mol. The van der Waals surface area contributed by atoms with Gasteiger partial charge in [0, 0.05) is 6.54 Å². The summed E-state index contributed by atoms with van der Waals surface area (Å²) in [6, 6.07) is 6.64. The minimum absolute atomic E-state index is 0.216. The Labute approximate surface area is 103 Å². The van der Waals surface area contributed by atoms with Gasteiger partial charge in [-0.2, -0.15) is 13.2 Å². The lowest BCUT2D eigenvalue weighted by molar-refractivity contribution is -0.122. The first-order valence-electron chi connectivity index (χ1n) is 5.57. The molecular formula is C12H15F3N2O. The molecule has 0 aromatic heterocycles. The van der Waals surface area contributed by atoms with E-state index in [4.69, 9.17) is 0 Å². The molecule has 18 heavy (non-hydrogen) atoms. The third kappa shape index (κ3) is 5.07. The zero-order chi connectivity index (χ0) is 13.6. The predicted octanol–water partition coefficient (Wildman–Crippen LogP) is 2.61. The molecule has 3 nitrogen and oxygen atoms in total. The molecule has 1 aromatic rings. The first-order chi connectivity index (χ1) is 8.42. The standard InChI is InChI=1S/C12H15F3N2O/c1-2-9-5-3-4-6-10(9)7-16-11(18)17-8-12(13,14)15/h3-6H,2,7-8H2,1H3,(H2,16,17,18). The molecule has 0 aliphatic heterocycles. The lowest BCUT2D eigenvalue weighted by Gasteiger charge is -2.11. The summed E-state index contributed by atoms with van der Waals surface area (Å²) in [5.41, 5.74) is 1.97. The van der Waals surface area contributed by atoms with Gasteiger partial charge >= 0.3 is 12.2 Å². The van der Waals surface area contributed by atoms with Crippen molar-refractivity contribution >= 4 is 6.03 Å². The molecule has 1 rings (SSSR count).